The van der Waals surface area contributed by atoms with E-state index in [1.807, 2.05) is 18.3 Å². The Morgan fingerprint density at radius 2 is 1.79 bits per heavy atom. The Labute approximate surface area is 172 Å². The van der Waals surface area contributed by atoms with E-state index >= 15 is 0 Å². The van der Waals surface area contributed by atoms with Gasteiger partial charge in [0.25, 0.3) is 0 Å². The summed E-state index contributed by atoms with van der Waals surface area (Å²) < 4.78 is 10.9. The van der Waals surface area contributed by atoms with Gasteiger partial charge in [-0.3, -0.25) is 4.90 Å². The largest absolute Gasteiger partial charge is 0.454 e. The molecule has 0 atom stereocenters. The zero-order valence-corrected chi connectivity index (χ0v) is 16.8. The van der Waals surface area contributed by atoms with Crippen molar-refractivity contribution >= 4 is 11.8 Å². The molecule has 7 heteroatoms. The molecule has 1 aromatic carbocycles. The molecule has 3 aliphatic rings. The van der Waals surface area contributed by atoms with Gasteiger partial charge in [-0.05, 0) is 36.6 Å². The van der Waals surface area contributed by atoms with Crippen molar-refractivity contribution in [1.29, 1.82) is 0 Å². The van der Waals surface area contributed by atoms with Crippen LogP contribution < -0.4 is 19.7 Å². The van der Waals surface area contributed by atoms with Gasteiger partial charge in [0.05, 0.1) is 0 Å². The van der Waals surface area contributed by atoms with Gasteiger partial charge in [0.1, 0.15) is 5.82 Å². The number of ether oxygens (including phenoxy) is 2. The lowest BCUT2D eigenvalue weighted by Crippen LogP contribution is -2.46. The average Bonchev–Trinajstić information content (AvgIpc) is 3.23. The second-order valence-corrected chi connectivity index (χ2v) is 8.17. The normalized spacial score (nSPS) is 20.1. The molecule has 1 saturated carbocycles. The molecule has 2 fully saturated rings. The molecule has 0 radical (unpaired) electrons. The third-order valence-corrected chi connectivity index (χ3v) is 6.12. The van der Waals surface area contributed by atoms with Crippen LogP contribution in [-0.4, -0.2) is 53.9 Å². The number of aromatic nitrogens is 2. The quantitative estimate of drug-likeness (QED) is 0.834. The van der Waals surface area contributed by atoms with Crippen molar-refractivity contribution in [3.05, 3.63) is 36.0 Å². The Hall–Kier alpha value is -2.54. The molecule has 0 bridgehead atoms. The Bertz CT molecular complexity index is 832. The van der Waals surface area contributed by atoms with Crippen LogP contribution in [0.2, 0.25) is 0 Å². The van der Waals surface area contributed by atoms with Crippen LogP contribution in [0.5, 0.6) is 11.5 Å². The molecule has 0 amide bonds. The fraction of sp³-hybridized carbons (Fsp3) is 0.545. The Morgan fingerprint density at radius 3 is 2.66 bits per heavy atom. The predicted molar refractivity (Wildman–Crippen MR) is 113 cm³/mol. The van der Waals surface area contributed by atoms with Crippen LogP contribution in [-0.2, 0) is 6.54 Å². The number of hydrogen-bond donors (Lipinski definition) is 1. The summed E-state index contributed by atoms with van der Waals surface area (Å²) in [5, 5.41) is 3.54. The molecular weight excluding hydrogens is 366 g/mol. The van der Waals surface area contributed by atoms with Crippen LogP contribution in [0.4, 0.5) is 11.8 Å². The number of nitrogens with zero attached hydrogens (tertiary/aromatic N) is 4. The molecule has 154 valence electrons. The fourth-order valence-electron chi connectivity index (χ4n) is 4.46. The lowest BCUT2D eigenvalue weighted by molar-refractivity contribution is 0.174. The van der Waals surface area contributed by atoms with Gasteiger partial charge in [0.15, 0.2) is 11.5 Å². The van der Waals surface area contributed by atoms with E-state index in [0.717, 1.165) is 56.0 Å². The second kappa shape index (κ2) is 8.45. The van der Waals surface area contributed by atoms with Gasteiger partial charge in [-0.15, -0.1) is 0 Å². The highest BCUT2D eigenvalue weighted by Crippen LogP contribution is 2.33. The molecule has 5 rings (SSSR count). The lowest BCUT2D eigenvalue weighted by atomic mass is 9.96. The lowest BCUT2D eigenvalue weighted by Gasteiger charge is -2.35. The van der Waals surface area contributed by atoms with E-state index in [2.05, 4.69) is 32.2 Å². The highest BCUT2D eigenvalue weighted by Gasteiger charge is 2.21. The first-order valence-corrected chi connectivity index (χ1v) is 10.8. The third kappa shape index (κ3) is 4.40. The maximum Gasteiger partial charge on any atom is 0.231 e. The number of rotatable bonds is 5. The Kier molecular flexibility index (Phi) is 5.39. The molecule has 2 aliphatic heterocycles. The van der Waals surface area contributed by atoms with E-state index in [0.29, 0.717) is 12.8 Å². The molecule has 1 aliphatic carbocycles. The molecule has 1 saturated heterocycles. The Morgan fingerprint density at radius 1 is 0.966 bits per heavy atom. The summed E-state index contributed by atoms with van der Waals surface area (Å²) in [4.78, 5) is 14.1. The Balaban J connectivity index is 1.16. The highest BCUT2D eigenvalue weighted by molar-refractivity contribution is 5.45. The summed E-state index contributed by atoms with van der Waals surface area (Å²) in [5.74, 6) is 3.51. The predicted octanol–water partition coefficient (Wildman–Crippen LogP) is 3.27. The summed E-state index contributed by atoms with van der Waals surface area (Å²) in [5.41, 5.74) is 1.27. The van der Waals surface area contributed by atoms with Gasteiger partial charge in [-0.1, -0.05) is 25.3 Å². The number of fused-ring (bicyclic) bond motifs is 1. The number of hydrogen-bond acceptors (Lipinski definition) is 7. The maximum absolute atomic E-state index is 5.50. The van der Waals surface area contributed by atoms with Crippen molar-refractivity contribution in [2.24, 2.45) is 0 Å². The van der Waals surface area contributed by atoms with Crippen molar-refractivity contribution in [3.63, 3.8) is 0 Å². The highest BCUT2D eigenvalue weighted by atomic mass is 16.7. The number of anilines is 2. The number of nitrogens with one attached hydrogen (secondary N) is 1. The third-order valence-electron chi connectivity index (χ3n) is 6.12. The van der Waals surface area contributed by atoms with Crippen LogP contribution in [0.1, 0.15) is 37.7 Å². The number of piperazine rings is 1. The topological polar surface area (TPSA) is 62.8 Å². The number of benzene rings is 1. The second-order valence-electron chi connectivity index (χ2n) is 8.17. The first kappa shape index (κ1) is 18.5. The van der Waals surface area contributed by atoms with Crippen molar-refractivity contribution in [3.8, 4) is 11.5 Å². The maximum atomic E-state index is 5.50. The molecule has 1 aromatic heterocycles. The zero-order valence-electron chi connectivity index (χ0n) is 16.8. The smallest absolute Gasteiger partial charge is 0.231 e. The summed E-state index contributed by atoms with van der Waals surface area (Å²) in [6, 6.07) is 8.79. The molecule has 0 spiro atoms. The zero-order chi connectivity index (χ0) is 19.5. The van der Waals surface area contributed by atoms with Crippen molar-refractivity contribution in [2.75, 3.05) is 43.2 Å². The van der Waals surface area contributed by atoms with Crippen LogP contribution in [0, 0.1) is 0 Å². The molecular formula is C22H29N5O2. The van der Waals surface area contributed by atoms with Crippen LogP contribution in [0.15, 0.2) is 30.5 Å². The summed E-state index contributed by atoms with van der Waals surface area (Å²) in [7, 11) is 0. The average molecular weight is 396 g/mol. The van der Waals surface area contributed by atoms with Gasteiger partial charge in [0, 0.05) is 45.0 Å². The van der Waals surface area contributed by atoms with Crippen LogP contribution in [0.25, 0.3) is 0 Å². The fourth-order valence-corrected chi connectivity index (χ4v) is 4.46. The minimum Gasteiger partial charge on any atom is -0.454 e. The first-order chi connectivity index (χ1) is 14.3. The molecule has 3 heterocycles. The summed E-state index contributed by atoms with van der Waals surface area (Å²) in [6.07, 6.45) is 8.31. The minimum absolute atomic E-state index is 0.327. The van der Waals surface area contributed by atoms with Crippen molar-refractivity contribution in [1.82, 2.24) is 14.9 Å². The van der Waals surface area contributed by atoms with Crippen molar-refractivity contribution < 1.29 is 9.47 Å². The molecule has 29 heavy (non-hydrogen) atoms. The molecule has 7 nitrogen and oxygen atoms in total. The standard InChI is InChI=1S/C22H29N5O2/c1-2-4-18(5-3-1)24-22-23-9-8-21(25-22)27-12-10-26(11-13-27)15-17-6-7-19-20(14-17)29-16-28-19/h6-9,14,18H,1-5,10-13,15-16H2,(H,23,24,25). The van der Waals surface area contributed by atoms with E-state index in [1.165, 1.54) is 37.7 Å². The summed E-state index contributed by atoms with van der Waals surface area (Å²) >= 11 is 0. The summed E-state index contributed by atoms with van der Waals surface area (Å²) in [6.45, 7) is 5.25. The van der Waals surface area contributed by atoms with Gasteiger partial charge in [-0.25, -0.2) is 4.98 Å². The van der Waals surface area contributed by atoms with E-state index in [1.54, 1.807) is 0 Å². The van der Waals surface area contributed by atoms with Crippen molar-refractivity contribution in [2.45, 2.75) is 44.7 Å². The minimum atomic E-state index is 0.327. The van der Waals surface area contributed by atoms with Crippen LogP contribution in [0.3, 0.4) is 0 Å². The molecule has 1 N–H and O–H groups in total. The van der Waals surface area contributed by atoms with Crippen LogP contribution >= 0.6 is 0 Å². The van der Waals surface area contributed by atoms with E-state index in [-0.39, 0.29) is 0 Å². The molecule has 0 unspecified atom stereocenters. The first-order valence-electron chi connectivity index (χ1n) is 10.8. The van der Waals surface area contributed by atoms with Gasteiger partial charge in [0.2, 0.25) is 12.7 Å². The van der Waals surface area contributed by atoms with Gasteiger partial charge >= 0.3 is 0 Å². The van der Waals surface area contributed by atoms with E-state index < -0.39 is 0 Å². The van der Waals surface area contributed by atoms with Gasteiger partial charge in [-0.2, -0.15) is 4.98 Å². The monoisotopic (exact) mass is 395 g/mol. The van der Waals surface area contributed by atoms with Gasteiger partial charge < -0.3 is 19.7 Å². The van der Waals surface area contributed by atoms with E-state index in [9.17, 15) is 0 Å². The van der Waals surface area contributed by atoms with E-state index in [4.69, 9.17) is 14.5 Å². The SMILES string of the molecule is c1cc(N2CCN(Cc3ccc4c(c3)OCO4)CC2)nc(NC2CCCCC2)n1. The molecule has 2 aromatic rings.